The molecular weight excluding hydrogens is 388 g/mol. The van der Waals surface area contributed by atoms with E-state index in [-0.39, 0.29) is 50.1 Å². The third-order valence-corrected chi connectivity index (χ3v) is 6.74. The maximum Gasteiger partial charge on any atom is 0.196 e. The molecule has 0 fully saturated rings. The highest BCUT2D eigenvalue weighted by Crippen LogP contribution is 2.40. The molecule has 0 heterocycles. The molecule has 0 atom stereocenters. The molecule has 0 spiro atoms. The highest BCUT2D eigenvalue weighted by atomic mass is 32.2. The third kappa shape index (κ3) is 3.00. The summed E-state index contributed by atoms with van der Waals surface area (Å²) < 4.78 is 25.3. The smallest absolute Gasteiger partial charge is 0.196 e. The first kappa shape index (κ1) is 18.9. The van der Waals surface area contributed by atoms with Gasteiger partial charge >= 0.3 is 0 Å². The molecule has 3 aromatic carbocycles. The molecule has 146 valence electrons. The number of anilines is 3. The molecule has 4 rings (SSSR count). The van der Waals surface area contributed by atoms with Crippen molar-refractivity contribution in [3.8, 4) is 0 Å². The van der Waals surface area contributed by atoms with Gasteiger partial charge in [-0.3, -0.25) is 9.59 Å². The first-order valence-corrected chi connectivity index (χ1v) is 10.7. The number of nitrogens with one attached hydrogen (secondary N) is 1. The number of carbonyl (C=O) groups is 2. The number of sulfone groups is 1. The summed E-state index contributed by atoms with van der Waals surface area (Å²) in [4.78, 5) is 26.3. The van der Waals surface area contributed by atoms with Crippen LogP contribution in [0.3, 0.4) is 0 Å². The van der Waals surface area contributed by atoms with Gasteiger partial charge in [0.25, 0.3) is 0 Å². The van der Waals surface area contributed by atoms with Crippen LogP contribution >= 0.6 is 0 Å². The largest absolute Gasteiger partial charge is 0.397 e. The Hall–Kier alpha value is -3.45. The number of carbonyl (C=O) groups excluding carboxylic acids is 2. The Bertz CT molecular complexity index is 1270. The number of rotatable bonds is 4. The van der Waals surface area contributed by atoms with Crippen molar-refractivity contribution in [3.05, 3.63) is 82.9 Å². The van der Waals surface area contributed by atoms with Crippen molar-refractivity contribution in [2.24, 2.45) is 0 Å². The van der Waals surface area contributed by atoms with Gasteiger partial charge in [0.05, 0.1) is 33.2 Å². The van der Waals surface area contributed by atoms with E-state index in [9.17, 15) is 18.0 Å². The molecule has 1 aliphatic rings. The third-order valence-electron chi connectivity index (χ3n) is 4.97. The average Bonchev–Trinajstić information content (AvgIpc) is 2.73. The highest BCUT2D eigenvalue weighted by molar-refractivity contribution is 7.91. The molecule has 0 saturated heterocycles. The van der Waals surface area contributed by atoms with Crippen LogP contribution in [0.1, 0.15) is 38.8 Å². The monoisotopic (exact) mass is 406 g/mol. The van der Waals surface area contributed by atoms with Crippen LogP contribution in [0, 0.1) is 0 Å². The molecule has 0 radical (unpaired) electrons. The van der Waals surface area contributed by atoms with Crippen LogP contribution in [0.4, 0.5) is 17.1 Å². The summed E-state index contributed by atoms with van der Waals surface area (Å²) in [6.07, 6.45) is 0. The van der Waals surface area contributed by atoms with E-state index >= 15 is 0 Å². The van der Waals surface area contributed by atoms with Gasteiger partial charge in [0.1, 0.15) is 0 Å². The second-order valence-corrected chi connectivity index (χ2v) is 8.93. The standard InChI is InChI=1S/C22H18N2O4S/c1-2-29(27,28)17-12-16(24-13-8-4-3-5-9-13)18-19(20(17)23)22(26)15-11-7-6-10-14(15)21(18)25/h3-12,24H,2,23H2,1H3. The topological polar surface area (TPSA) is 106 Å². The molecule has 0 saturated carbocycles. The lowest BCUT2D eigenvalue weighted by Gasteiger charge is -2.24. The number of hydrogen-bond acceptors (Lipinski definition) is 6. The first-order valence-electron chi connectivity index (χ1n) is 9.05. The summed E-state index contributed by atoms with van der Waals surface area (Å²) in [6.45, 7) is 1.50. The van der Waals surface area contributed by atoms with Crippen molar-refractivity contribution in [3.63, 3.8) is 0 Å². The van der Waals surface area contributed by atoms with Crippen molar-refractivity contribution in [2.45, 2.75) is 11.8 Å². The highest BCUT2D eigenvalue weighted by Gasteiger charge is 2.36. The Morgan fingerprint density at radius 1 is 0.862 bits per heavy atom. The fourth-order valence-electron chi connectivity index (χ4n) is 3.48. The summed E-state index contributed by atoms with van der Waals surface area (Å²) in [6, 6.07) is 16.8. The minimum Gasteiger partial charge on any atom is -0.397 e. The molecule has 0 amide bonds. The number of para-hydroxylation sites is 1. The van der Waals surface area contributed by atoms with Crippen LogP contribution in [0.2, 0.25) is 0 Å². The van der Waals surface area contributed by atoms with Crippen LogP contribution in [-0.4, -0.2) is 25.7 Å². The minimum absolute atomic E-state index is 0.0679. The normalized spacial score (nSPS) is 13.0. The molecule has 3 aromatic rings. The average molecular weight is 406 g/mol. The molecule has 6 nitrogen and oxygen atoms in total. The van der Waals surface area contributed by atoms with E-state index in [1.807, 2.05) is 6.07 Å². The molecule has 7 heteroatoms. The quantitative estimate of drug-likeness (QED) is 0.502. The summed E-state index contributed by atoms with van der Waals surface area (Å²) in [5.41, 5.74) is 7.37. The number of hydrogen-bond donors (Lipinski definition) is 2. The second kappa shape index (κ2) is 6.86. The summed E-state index contributed by atoms with van der Waals surface area (Å²) in [5.74, 6) is -1.02. The van der Waals surface area contributed by atoms with Crippen molar-refractivity contribution in [1.82, 2.24) is 0 Å². The zero-order valence-corrected chi connectivity index (χ0v) is 16.4. The molecular formula is C22H18N2O4S. The van der Waals surface area contributed by atoms with Crippen molar-refractivity contribution < 1.29 is 18.0 Å². The Kier molecular flexibility index (Phi) is 4.47. The molecule has 0 bridgehead atoms. The number of nitrogen functional groups attached to an aromatic ring is 1. The maximum absolute atomic E-state index is 13.3. The van der Waals surface area contributed by atoms with Gasteiger partial charge in [-0.2, -0.15) is 0 Å². The van der Waals surface area contributed by atoms with E-state index in [0.717, 1.165) is 0 Å². The second-order valence-electron chi connectivity index (χ2n) is 6.68. The fourth-order valence-corrected chi connectivity index (χ4v) is 4.53. The van der Waals surface area contributed by atoms with E-state index in [0.29, 0.717) is 5.69 Å². The predicted molar refractivity (Wildman–Crippen MR) is 112 cm³/mol. The SMILES string of the molecule is CCS(=O)(=O)c1cc(Nc2ccccc2)c2c(c1N)C(=O)c1ccccc1C2=O. The van der Waals surface area contributed by atoms with Gasteiger partial charge in [-0.15, -0.1) is 0 Å². The lowest BCUT2D eigenvalue weighted by Crippen LogP contribution is -2.25. The number of nitrogens with two attached hydrogens (primary N) is 1. The Morgan fingerprint density at radius 3 is 2.00 bits per heavy atom. The summed E-state index contributed by atoms with van der Waals surface area (Å²) in [7, 11) is -3.72. The number of ketones is 2. The van der Waals surface area contributed by atoms with Crippen LogP contribution < -0.4 is 11.1 Å². The molecule has 0 unspecified atom stereocenters. The Balaban J connectivity index is 2.04. The van der Waals surface area contributed by atoms with E-state index in [4.69, 9.17) is 5.73 Å². The van der Waals surface area contributed by atoms with Gasteiger partial charge in [-0.25, -0.2) is 8.42 Å². The lowest BCUT2D eigenvalue weighted by molar-refractivity contribution is 0.0980. The fraction of sp³-hybridized carbons (Fsp3) is 0.0909. The Labute approximate surface area is 168 Å². The van der Waals surface area contributed by atoms with Crippen molar-refractivity contribution >= 4 is 38.5 Å². The van der Waals surface area contributed by atoms with Crippen LogP contribution in [0.25, 0.3) is 0 Å². The van der Waals surface area contributed by atoms with Gasteiger partial charge in [-0.05, 0) is 18.2 Å². The van der Waals surface area contributed by atoms with E-state index < -0.39 is 15.6 Å². The zero-order valence-electron chi connectivity index (χ0n) is 15.6. The van der Waals surface area contributed by atoms with E-state index in [1.165, 1.54) is 13.0 Å². The number of benzene rings is 3. The maximum atomic E-state index is 13.3. The molecule has 3 N–H and O–H groups in total. The van der Waals surface area contributed by atoms with Crippen LogP contribution in [-0.2, 0) is 9.84 Å². The predicted octanol–water partition coefficient (Wildman–Crippen LogP) is 3.58. The molecule has 0 aliphatic heterocycles. The first-order chi connectivity index (χ1) is 13.8. The summed E-state index contributed by atoms with van der Waals surface area (Å²) >= 11 is 0. The number of fused-ring (bicyclic) bond motifs is 2. The van der Waals surface area contributed by atoms with Gasteiger partial charge in [-0.1, -0.05) is 49.4 Å². The molecule has 0 aromatic heterocycles. The van der Waals surface area contributed by atoms with Crippen molar-refractivity contribution in [1.29, 1.82) is 0 Å². The minimum atomic E-state index is -3.72. The van der Waals surface area contributed by atoms with Gasteiger partial charge in [0, 0.05) is 16.8 Å². The van der Waals surface area contributed by atoms with Gasteiger partial charge < -0.3 is 11.1 Å². The molecule has 1 aliphatic carbocycles. The van der Waals surface area contributed by atoms with Gasteiger partial charge in [0.15, 0.2) is 21.4 Å². The molecule has 29 heavy (non-hydrogen) atoms. The van der Waals surface area contributed by atoms with Crippen LogP contribution in [0.5, 0.6) is 0 Å². The Morgan fingerprint density at radius 2 is 1.41 bits per heavy atom. The van der Waals surface area contributed by atoms with Crippen molar-refractivity contribution in [2.75, 3.05) is 16.8 Å². The zero-order chi connectivity index (χ0) is 20.8. The van der Waals surface area contributed by atoms with E-state index in [1.54, 1.807) is 48.5 Å². The summed E-state index contributed by atoms with van der Waals surface area (Å²) in [5, 5.41) is 3.08. The van der Waals surface area contributed by atoms with E-state index in [2.05, 4.69) is 5.32 Å². The van der Waals surface area contributed by atoms with Gasteiger partial charge in [0.2, 0.25) is 0 Å². The lowest BCUT2D eigenvalue weighted by atomic mass is 9.82. The van der Waals surface area contributed by atoms with Crippen LogP contribution in [0.15, 0.2) is 65.6 Å².